The molecule has 7 heteroatoms. The molecule has 2 heterocycles. The Kier molecular flexibility index (Phi) is 5.55. The molecule has 138 valence electrons. The summed E-state index contributed by atoms with van der Waals surface area (Å²) in [5.74, 6) is 2.40. The minimum atomic E-state index is 0.0754. The largest absolute Gasteiger partial charge is 0.492 e. The van der Waals surface area contributed by atoms with Crippen LogP contribution in [0.3, 0.4) is 0 Å². The van der Waals surface area contributed by atoms with Gasteiger partial charge in [0.2, 0.25) is 11.9 Å². The zero-order chi connectivity index (χ0) is 18.5. The molecule has 0 saturated heterocycles. The molecule has 1 aromatic carbocycles. The van der Waals surface area contributed by atoms with Gasteiger partial charge in [-0.05, 0) is 18.6 Å². The van der Waals surface area contributed by atoms with E-state index in [2.05, 4.69) is 15.3 Å². The van der Waals surface area contributed by atoms with Crippen LogP contribution in [0.1, 0.15) is 18.2 Å². The van der Waals surface area contributed by atoms with E-state index < -0.39 is 0 Å². The van der Waals surface area contributed by atoms with Gasteiger partial charge in [0.1, 0.15) is 18.2 Å². The molecule has 0 aliphatic carbocycles. The van der Waals surface area contributed by atoms with Crippen molar-refractivity contribution in [1.82, 2.24) is 14.9 Å². The molecule has 0 saturated carbocycles. The van der Waals surface area contributed by atoms with Crippen molar-refractivity contribution in [2.24, 2.45) is 0 Å². The number of carbonyl (C=O) groups excluding carboxylic acids is 1. The zero-order valence-corrected chi connectivity index (χ0v) is 15.5. The van der Waals surface area contributed by atoms with Gasteiger partial charge < -0.3 is 19.9 Å². The Bertz CT molecular complexity index is 764. The molecular formula is C19H25N5O2. The van der Waals surface area contributed by atoms with E-state index in [4.69, 9.17) is 4.74 Å². The predicted octanol–water partition coefficient (Wildman–Crippen LogP) is 1.94. The molecule has 0 radical (unpaired) electrons. The van der Waals surface area contributed by atoms with Gasteiger partial charge in [-0.25, -0.2) is 4.98 Å². The fraction of sp³-hybridized carbons (Fsp3) is 0.421. The van der Waals surface area contributed by atoms with Crippen LogP contribution in [0.15, 0.2) is 30.3 Å². The molecule has 0 bridgehead atoms. The summed E-state index contributed by atoms with van der Waals surface area (Å²) < 4.78 is 5.73. The lowest BCUT2D eigenvalue weighted by Gasteiger charge is -2.29. The molecule has 7 nitrogen and oxygen atoms in total. The molecule has 1 aliphatic rings. The number of amides is 1. The monoisotopic (exact) mass is 355 g/mol. The highest BCUT2D eigenvalue weighted by atomic mass is 16.5. The summed E-state index contributed by atoms with van der Waals surface area (Å²) in [5, 5.41) is 3.38. The Labute approximate surface area is 154 Å². The van der Waals surface area contributed by atoms with Crippen molar-refractivity contribution >= 4 is 17.7 Å². The first kappa shape index (κ1) is 18.0. The molecule has 1 amide bonds. The smallest absolute Gasteiger partial charge is 0.227 e. The number of para-hydroxylation sites is 1. The molecule has 1 aromatic heterocycles. The number of ether oxygens (including phenoxy) is 1. The Morgan fingerprint density at radius 2 is 2.04 bits per heavy atom. The molecule has 0 spiro atoms. The second-order valence-electron chi connectivity index (χ2n) is 6.47. The van der Waals surface area contributed by atoms with Gasteiger partial charge in [0.15, 0.2) is 0 Å². The lowest BCUT2D eigenvalue weighted by Crippen LogP contribution is -2.36. The maximum atomic E-state index is 11.7. The topological polar surface area (TPSA) is 70.6 Å². The third-order valence-electron chi connectivity index (χ3n) is 4.31. The van der Waals surface area contributed by atoms with Gasteiger partial charge in [0.05, 0.1) is 18.8 Å². The number of carbonyl (C=O) groups is 1. The molecular weight excluding hydrogens is 330 g/mol. The van der Waals surface area contributed by atoms with Crippen LogP contribution < -0.4 is 15.0 Å². The molecule has 1 N–H and O–H groups in total. The molecule has 3 rings (SSSR count). The van der Waals surface area contributed by atoms with Crippen molar-refractivity contribution in [2.45, 2.75) is 19.9 Å². The van der Waals surface area contributed by atoms with Crippen LogP contribution >= 0.6 is 0 Å². The van der Waals surface area contributed by atoms with E-state index in [0.29, 0.717) is 32.2 Å². The summed E-state index contributed by atoms with van der Waals surface area (Å²) in [7, 11) is 3.82. The fourth-order valence-electron chi connectivity index (χ4n) is 2.89. The zero-order valence-electron chi connectivity index (χ0n) is 15.5. The fourth-order valence-corrected chi connectivity index (χ4v) is 2.89. The van der Waals surface area contributed by atoms with E-state index in [9.17, 15) is 4.79 Å². The standard InChI is InChI=1S/C19H25N5O2/c1-14(25)24-11-9-16-17(13-24)21-19(23(2)3)22-18(16)20-10-12-26-15-7-5-4-6-8-15/h4-8H,9-13H2,1-3H3,(H,20,21,22). The van der Waals surface area contributed by atoms with E-state index in [1.165, 1.54) is 0 Å². The normalized spacial score (nSPS) is 13.1. The number of hydrogen-bond acceptors (Lipinski definition) is 6. The van der Waals surface area contributed by atoms with Crippen molar-refractivity contribution in [3.8, 4) is 5.75 Å². The summed E-state index contributed by atoms with van der Waals surface area (Å²) in [4.78, 5) is 24.7. The Morgan fingerprint density at radius 1 is 1.27 bits per heavy atom. The molecule has 0 atom stereocenters. The second-order valence-corrected chi connectivity index (χ2v) is 6.47. The van der Waals surface area contributed by atoms with Crippen molar-refractivity contribution in [1.29, 1.82) is 0 Å². The lowest BCUT2D eigenvalue weighted by molar-refractivity contribution is -0.129. The summed E-state index contributed by atoms with van der Waals surface area (Å²) in [6.07, 6.45) is 0.754. The highest BCUT2D eigenvalue weighted by molar-refractivity contribution is 5.73. The number of anilines is 2. The Hall–Kier alpha value is -2.83. The SMILES string of the molecule is CC(=O)N1CCc2c(nc(N(C)C)nc2NCCOc2ccccc2)C1. The van der Waals surface area contributed by atoms with E-state index in [1.54, 1.807) is 6.92 Å². The highest BCUT2D eigenvalue weighted by Crippen LogP contribution is 2.25. The van der Waals surface area contributed by atoms with Crippen LogP contribution in [-0.2, 0) is 17.8 Å². The number of benzene rings is 1. The number of fused-ring (bicyclic) bond motifs is 1. The van der Waals surface area contributed by atoms with Crippen LogP contribution in [0.5, 0.6) is 5.75 Å². The maximum absolute atomic E-state index is 11.7. The molecule has 0 fully saturated rings. The first-order valence-electron chi connectivity index (χ1n) is 8.79. The first-order chi connectivity index (χ1) is 12.5. The summed E-state index contributed by atoms with van der Waals surface area (Å²) in [6.45, 7) is 4.01. The summed E-state index contributed by atoms with van der Waals surface area (Å²) in [6, 6.07) is 9.74. The molecule has 0 unspecified atom stereocenters. The Balaban J connectivity index is 1.70. The van der Waals surface area contributed by atoms with Gasteiger partial charge in [-0.2, -0.15) is 4.98 Å². The number of hydrogen-bond donors (Lipinski definition) is 1. The maximum Gasteiger partial charge on any atom is 0.227 e. The van der Waals surface area contributed by atoms with Gasteiger partial charge >= 0.3 is 0 Å². The van der Waals surface area contributed by atoms with Crippen LogP contribution in [0.25, 0.3) is 0 Å². The van der Waals surface area contributed by atoms with Gasteiger partial charge in [0.25, 0.3) is 0 Å². The summed E-state index contributed by atoms with van der Waals surface area (Å²) in [5.41, 5.74) is 2.00. The van der Waals surface area contributed by atoms with Crippen molar-refractivity contribution < 1.29 is 9.53 Å². The number of nitrogens with zero attached hydrogens (tertiary/aromatic N) is 4. The van der Waals surface area contributed by atoms with Crippen molar-refractivity contribution in [3.05, 3.63) is 41.6 Å². The molecule has 2 aromatic rings. The van der Waals surface area contributed by atoms with Crippen molar-refractivity contribution in [2.75, 3.05) is 44.0 Å². The number of aromatic nitrogens is 2. The lowest BCUT2D eigenvalue weighted by atomic mass is 10.1. The second kappa shape index (κ2) is 8.03. The third kappa shape index (κ3) is 4.22. The number of nitrogens with one attached hydrogen (secondary N) is 1. The highest BCUT2D eigenvalue weighted by Gasteiger charge is 2.24. The third-order valence-corrected chi connectivity index (χ3v) is 4.31. The van der Waals surface area contributed by atoms with Crippen LogP contribution in [-0.4, -0.2) is 54.6 Å². The summed E-state index contributed by atoms with van der Waals surface area (Å²) >= 11 is 0. The average Bonchev–Trinajstić information content (AvgIpc) is 2.65. The minimum Gasteiger partial charge on any atom is -0.492 e. The van der Waals surface area contributed by atoms with Gasteiger partial charge in [0, 0.05) is 33.1 Å². The van der Waals surface area contributed by atoms with Gasteiger partial charge in [-0.15, -0.1) is 0 Å². The van der Waals surface area contributed by atoms with Crippen molar-refractivity contribution in [3.63, 3.8) is 0 Å². The first-order valence-corrected chi connectivity index (χ1v) is 8.79. The predicted molar refractivity (Wildman–Crippen MR) is 102 cm³/mol. The Morgan fingerprint density at radius 3 is 2.73 bits per heavy atom. The van der Waals surface area contributed by atoms with Crippen LogP contribution in [0, 0.1) is 0 Å². The van der Waals surface area contributed by atoms with E-state index in [1.807, 2.05) is 54.2 Å². The average molecular weight is 355 g/mol. The quantitative estimate of drug-likeness (QED) is 0.799. The molecule has 1 aliphatic heterocycles. The molecule has 26 heavy (non-hydrogen) atoms. The van der Waals surface area contributed by atoms with E-state index in [0.717, 1.165) is 29.2 Å². The van der Waals surface area contributed by atoms with E-state index in [-0.39, 0.29) is 5.91 Å². The van der Waals surface area contributed by atoms with Crippen LogP contribution in [0.2, 0.25) is 0 Å². The van der Waals surface area contributed by atoms with Gasteiger partial charge in [-0.1, -0.05) is 18.2 Å². The van der Waals surface area contributed by atoms with Gasteiger partial charge in [-0.3, -0.25) is 4.79 Å². The van der Waals surface area contributed by atoms with Crippen LogP contribution in [0.4, 0.5) is 11.8 Å². The minimum absolute atomic E-state index is 0.0754. The van der Waals surface area contributed by atoms with E-state index >= 15 is 0 Å². The number of rotatable bonds is 6.